The van der Waals surface area contributed by atoms with Crippen LogP contribution in [0.4, 0.5) is 19.4 Å². The lowest BCUT2D eigenvalue weighted by Gasteiger charge is -2.31. The standard InChI is InChI=1S/C32H33ClF2N6O3/c1-18-14-40(31(42)43)16-24(18)39(2)29-22-13-36-27(21-8-3-6-19-7-4-9-23(33)25(19)21)26(35)28(22)37-30(38-29)44-17-32-10-5-11-41(32)15-20(34)12-32/h3-4,6-9,13,18,20,24H,5,10-12,14-17H2,1-2H3,(H,42,43)/t18-,20+,24-,32-/m0/s1. The molecule has 2 aromatic carbocycles. The zero-order valence-electron chi connectivity index (χ0n) is 24.5. The highest BCUT2D eigenvalue weighted by Gasteiger charge is 2.49. The van der Waals surface area contributed by atoms with Gasteiger partial charge in [0.1, 0.15) is 29.8 Å². The molecule has 3 saturated heterocycles. The predicted octanol–water partition coefficient (Wildman–Crippen LogP) is 6.03. The number of hydrogen-bond acceptors (Lipinski definition) is 7. The number of amides is 1. The number of fused-ring (bicyclic) bond motifs is 3. The third kappa shape index (κ3) is 4.77. The second kappa shape index (κ2) is 11.0. The number of likely N-dealkylation sites (tertiary alicyclic amines) is 1. The molecule has 1 amide bonds. The molecule has 2 aromatic heterocycles. The highest BCUT2D eigenvalue weighted by Crippen LogP contribution is 2.41. The number of alkyl halides is 1. The first-order valence-electron chi connectivity index (χ1n) is 14.9. The van der Waals surface area contributed by atoms with Gasteiger partial charge in [-0.05, 0) is 36.8 Å². The second-order valence-electron chi connectivity index (χ2n) is 12.4. The van der Waals surface area contributed by atoms with Crippen LogP contribution >= 0.6 is 11.6 Å². The fourth-order valence-electron chi connectivity index (χ4n) is 7.45. The quantitative estimate of drug-likeness (QED) is 0.279. The zero-order chi connectivity index (χ0) is 30.7. The number of hydrogen-bond donors (Lipinski definition) is 1. The summed E-state index contributed by atoms with van der Waals surface area (Å²) in [5.41, 5.74) is 0.220. The Morgan fingerprint density at radius 1 is 1.20 bits per heavy atom. The van der Waals surface area contributed by atoms with Crippen LogP contribution in [0.5, 0.6) is 6.01 Å². The number of ether oxygens (including phenoxy) is 1. The maximum absolute atomic E-state index is 16.7. The Morgan fingerprint density at radius 3 is 2.77 bits per heavy atom. The van der Waals surface area contributed by atoms with Crippen molar-refractivity contribution in [2.45, 2.75) is 43.9 Å². The predicted molar refractivity (Wildman–Crippen MR) is 165 cm³/mol. The Labute approximate surface area is 258 Å². The van der Waals surface area contributed by atoms with Crippen molar-refractivity contribution >= 4 is 45.2 Å². The SMILES string of the molecule is C[C@H]1CN(C(=O)O)C[C@@H]1N(C)c1nc(OC[C@@]23CCCN2C[C@H](F)C3)nc2c(F)c(-c3cccc4cccc(Cl)c34)ncc12. The van der Waals surface area contributed by atoms with Crippen LogP contribution in [0.1, 0.15) is 26.2 Å². The highest BCUT2D eigenvalue weighted by atomic mass is 35.5. The molecule has 12 heteroatoms. The van der Waals surface area contributed by atoms with Gasteiger partial charge in [0, 0.05) is 55.3 Å². The number of likely N-dealkylation sites (N-methyl/N-ethyl adjacent to an activating group) is 1. The third-order valence-electron chi connectivity index (χ3n) is 9.66. The molecule has 3 aliphatic rings. The van der Waals surface area contributed by atoms with Crippen molar-refractivity contribution in [3.63, 3.8) is 0 Å². The molecular formula is C32H33ClF2N6O3. The third-order valence-corrected chi connectivity index (χ3v) is 9.97. The van der Waals surface area contributed by atoms with Crippen LogP contribution in [-0.4, -0.2) is 93.5 Å². The Balaban J connectivity index is 1.34. The summed E-state index contributed by atoms with van der Waals surface area (Å²) in [6.45, 7) is 4.01. The second-order valence-corrected chi connectivity index (χ2v) is 12.8. The van der Waals surface area contributed by atoms with Gasteiger partial charge in [-0.3, -0.25) is 9.88 Å². The van der Waals surface area contributed by atoms with Gasteiger partial charge in [0.05, 0.1) is 17.0 Å². The van der Waals surface area contributed by atoms with Gasteiger partial charge < -0.3 is 19.6 Å². The molecule has 4 atom stereocenters. The summed E-state index contributed by atoms with van der Waals surface area (Å²) >= 11 is 6.57. The van der Waals surface area contributed by atoms with E-state index in [1.165, 1.54) is 4.90 Å². The maximum Gasteiger partial charge on any atom is 0.407 e. The minimum atomic E-state index is -0.987. The molecule has 9 nitrogen and oxygen atoms in total. The van der Waals surface area contributed by atoms with Gasteiger partial charge in [0.25, 0.3) is 0 Å². The summed E-state index contributed by atoms with van der Waals surface area (Å²) in [5, 5.41) is 12.0. The number of benzene rings is 2. The number of carboxylic acid groups (broad SMARTS) is 1. The minimum Gasteiger partial charge on any atom is -0.465 e. The van der Waals surface area contributed by atoms with E-state index in [9.17, 15) is 14.3 Å². The molecule has 0 radical (unpaired) electrons. The molecule has 4 aromatic rings. The lowest BCUT2D eigenvalue weighted by molar-refractivity contribution is 0.107. The molecule has 230 valence electrons. The van der Waals surface area contributed by atoms with E-state index in [1.54, 1.807) is 18.3 Å². The maximum atomic E-state index is 16.7. The normalized spacial score (nSPS) is 25.2. The largest absolute Gasteiger partial charge is 0.465 e. The van der Waals surface area contributed by atoms with E-state index in [1.807, 2.05) is 43.1 Å². The number of halogens is 3. The molecule has 0 saturated carbocycles. The van der Waals surface area contributed by atoms with Crippen molar-refractivity contribution < 1.29 is 23.4 Å². The van der Waals surface area contributed by atoms with Gasteiger partial charge >= 0.3 is 12.1 Å². The van der Waals surface area contributed by atoms with E-state index >= 15 is 4.39 Å². The molecule has 3 fully saturated rings. The van der Waals surface area contributed by atoms with E-state index < -0.39 is 23.6 Å². The first-order valence-corrected chi connectivity index (χ1v) is 15.3. The Morgan fingerprint density at radius 2 is 2.00 bits per heavy atom. The van der Waals surface area contributed by atoms with Crippen LogP contribution in [-0.2, 0) is 0 Å². The number of carbonyl (C=O) groups is 1. The van der Waals surface area contributed by atoms with Gasteiger partial charge in [-0.1, -0.05) is 48.9 Å². The number of aromatic nitrogens is 3. The molecule has 7 rings (SSSR count). The molecule has 5 heterocycles. The van der Waals surface area contributed by atoms with E-state index in [2.05, 4.69) is 14.9 Å². The summed E-state index contributed by atoms with van der Waals surface area (Å²) in [4.78, 5) is 31.0. The average molecular weight is 623 g/mol. The van der Waals surface area contributed by atoms with Gasteiger partial charge in [-0.2, -0.15) is 9.97 Å². The Hall–Kier alpha value is -3.83. The smallest absolute Gasteiger partial charge is 0.407 e. The van der Waals surface area contributed by atoms with Crippen LogP contribution in [0.25, 0.3) is 32.9 Å². The fourth-order valence-corrected chi connectivity index (χ4v) is 7.73. The minimum absolute atomic E-state index is 0.00806. The number of anilines is 1. The van der Waals surface area contributed by atoms with Crippen molar-refractivity contribution in [2.75, 3.05) is 44.7 Å². The molecule has 0 bridgehead atoms. The average Bonchev–Trinajstić information content (AvgIpc) is 3.67. The van der Waals surface area contributed by atoms with Gasteiger partial charge in [-0.25, -0.2) is 13.6 Å². The van der Waals surface area contributed by atoms with E-state index in [0.29, 0.717) is 46.7 Å². The van der Waals surface area contributed by atoms with Crippen molar-refractivity contribution in [3.05, 3.63) is 53.4 Å². The van der Waals surface area contributed by atoms with Crippen molar-refractivity contribution in [2.24, 2.45) is 5.92 Å². The summed E-state index contributed by atoms with van der Waals surface area (Å²) in [6, 6.07) is 10.8. The molecule has 1 N–H and O–H groups in total. The van der Waals surface area contributed by atoms with Gasteiger partial charge in [0.2, 0.25) is 0 Å². The van der Waals surface area contributed by atoms with Crippen LogP contribution in [0.3, 0.4) is 0 Å². The van der Waals surface area contributed by atoms with Crippen molar-refractivity contribution in [1.82, 2.24) is 24.8 Å². The van der Waals surface area contributed by atoms with Crippen molar-refractivity contribution in [1.29, 1.82) is 0 Å². The molecule has 0 aliphatic carbocycles. The zero-order valence-corrected chi connectivity index (χ0v) is 25.3. The van der Waals surface area contributed by atoms with E-state index in [0.717, 1.165) is 24.8 Å². The summed E-state index contributed by atoms with van der Waals surface area (Å²) in [7, 11) is 1.82. The van der Waals surface area contributed by atoms with Gasteiger partial charge in [0.15, 0.2) is 5.82 Å². The molecule has 0 unspecified atom stereocenters. The van der Waals surface area contributed by atoms with E-state index in [4.69, 9.17) is 21.3 Å². The first-order chi connectivity index (χ1) is 21.1. The lowest BCUT2D eigenvalue weighted by atomic mass is 9.95. The summed E-state index contributed by atoms with van der Waals surface area (Å²) in [5.74, 6) is -0.265. The number of rotatable bonds is 6. The van der Waals surface area contributed by atoms with Gasteiger partial charge in [-0.15, -0.1) is 0 Å². The topological polar surface area (TPSA) is 94.9 Å². The lowest BCUT2D eigenvalue weighted by Crippen LogP contribution is -2.43. The molecule has 3 aliphatic heterocycles. The summed E-state index contributed by atoms with van der Waals surface area (Å²) < 4.78 is 37.3. The van der Waals surface area contributed by atoms with Crippen LogP contribution in [0, 0.1) is 11.7 Å². The van der Waals surface area contributed by atoms with Crippen LogP contribution < -0.4 is 9.64 Å². The Kier molecular flexibility index (Phi) is 7.20. The highest BCUT2D eigenvalue weighted by molar-refractivity contribution is 6.36. The molecule has 44 heavy (non-hydrogen) atoms. The monoisotopic (exact) mass is 622 g/mol. The number of pyridine rings is 1. The van der Waals surface area contributed by atoms with Crippen LogP contribution in [0.2, 0.25) is 5.02 Å². The number of nitrogens with zero attached hydrogens (tertiary/aromatic N) is 6. The fraction of sp³-hybridized carbons (Fsp3) is 0.438. The van der Waals surface area contributed by atoms with Crippen LogP contribution in [0.15, 0.2) is 42.6 Å². The van der Waals surface area contributed by atoms with E-state index in [-0.39, 0.29) is 42.3 Å². The Bertz CT molecular complexity index is 1770. The van der Waals surface area contributed by atoms with Crippen molar-refractivity contribution in [3.8, 4) is 17.3 Å². The first kappa shape index (κ1) is 28.9. The molecule has 0 spiro atoms. The summed E-state index contributed by atoms with van der Waals surface area (Å²) in [6.07, 6.45) is 1.79. The molecular weight excluding hydrogens is 590 g/mol.